The molecule has 1 aromatic heterocycles. The number of nitrogens with zero attached hydrogens (tertiary/aromatic N) is 3. The fraction of sp³-hybridized carbons (Fsp3) is 0.438. The van der Waals surface area contributed by atoms with Crippen molar-refractivity contribution in [2.24, 2.45) is 0 Å². The van der Waals surface area contributed by atoms with E-state index in [0.29, 0.717) is 24.6 Å². The van der Waals surface area contributed by atoms with E-state index in [1.807, 2.05) is 30.3 Å². The Morgan fingerprint density at radius 1 is 1.36 bits per heavy atom. The Morgan fingerprint density at radius 3 is 2.72 bits per heavy atom. The van der Waals surface area contributed by atoms with E-state index in [2.05, 4.69) is 20.5 Å². The molecule has 134 valence electrons. The summed E-state index contributed by atoms with van der Waals surface area (Å²) in [5, 5.41) is 9.49. The third kappa shape index (κ3) is 4.56. The molecule has 1 unspecified atom stereocenters. The molecule has 3 rings (SSSR count). The van der Waals surface area contributed by atoms with Gasteiger partial charge in [-0.25, -0.2) is 18.2 Å². The summed E-state index contributed by atoms with van der Waals surface area (Å²) < 4.78 is 23.6. The minimum Gasteiger partial charge on any atom is -0.331 e. The maximum absolute atomic E-state index is 12.7. The lowest BCUT2D eigenvalue weighted by atomic mass is 10.1. The highest BCUT2D eigenvalue weighted by molar-refractivity contribution is 7.91. The van der Waals surface area contributed by atoms with Crippen molar-refractivity contribution in [3.8, 4) is 0 Å². The smallest absolute Gasteiger partial charge is 0.318 e. The molecule has 2 N–H and O–H groups in total. The standard InChI is InChI=1S/C16H21N5O3S/c1-12-18-15(20-19-12)9-17-16(22)21(10-13-5-3-2-4-6-13)14-7-8-25(23,24)11-14/h2-6,14H,7-11H2,1H3,(H,17,22)(H,18,19,20). The van der Waals surface area contributed by atoms with Gasteiger partial charge in [-0.1, -0.05) is 30.3 Å². The number of benzene rings is 1. The van der Waals surface area contributed by atoms with Gasteiger partial charge in [-0.15, -0.1) is 0 Å². The zero-order chi connectivity index (χ0) is 17.9. The first kappa shape index (κ1) is 17.4. The number of H-pyrrole nitrogens is 1. The molecule has 25 heavy (non-hydrogen) atoms. The highest BCUT2D eigenvalue weighted by Crippen LogP contribution is 2.20. The molecule has 0 bridgehead atoms. The van der Waals surface area contributed by atoms with Gasteiger partial charge in [-0.05, 0) is 18.9 Å². The van der Waals surface area contributed by atoms with E-state index in [-0.39, 0.29) is 30.1 Å². The van der Waals surface area contributed by atoms with Crippen LogP contribution in [0.25, 0.3) is 0 Å². The molecule has 0 saturated carbocycles. The highest BCUT2D eigenvalue weighted by atomic mass is 32.2. The van der Waals surface area contributed by atoms with E-state index in [9.17, 15) is 13.2 Å². The molecular formula is C16H21N5O3S. The van der Waals surface area contributed by atoms with Crippen molar-refractivity contribution in [1.29, 1.82) is 0 Å². The van der Waals surface area contributed by atoms with Crippen LogP contribution in [0.4, 0.5) is 4.79 Å². The molecule has 1 fully saturated rings. The van der Waals surface area contributed by atoms with Crippen molar-refractivity contribution in [3.63, 3.8) is 0 Å². The van der Waals surface area contributed by atoms with Crippen LogP contribution in [0, 0.1) is 6.92 Å². The topological polar surface area (TPSA) is 108 Å². The van der Waals surface area contributed by atoms with Gasteiger partial charge in [0.1, 0.15) is 5.82 Å². The molecule has 2 heterocycles. The van der Waals surface area contributed by atoms with Crippen LogP contribution < -0.4 is 5.32 Å². The number of aromatic amines is 1. The Balaban J connectivity index is 1.71. The van der Waals surface area contributed by atoms with Gasteiger partial charge in [-0.3, -0.25) is 5.10 Å². The number of hydrogen-bond donors (Lipinski definition) is 2. The van der Waals surface area contributed by atoms with Crippen LogP contribution in [0.3, 0.4) is 0 Å². The molecule has 0 radical (unpaired) electrons. The first-order chi connectivity index (χ1) is 11.9. The molecule has 8 nitrogen and oxygen atoms in total. The van der Waals surface area contributed by atoms with Crippen LogP contribution in [0.1, 0.15) is 23.6 Å². The Kier molecular flexibility index (Phi) is 5.03. The summed E-state index contributed by atoms with van der Waals surface area (Å²) in [6.45, 7) is 2.33. The van der Waals surface area contributed by atoms with Crippen LogP contribution in [-0.2, 0) is 22.9 Å². The van der Waals surface area contributed by atoms with Crippen molar-refractivity contribution in [3.05, 3.63) is 47.5 Å². The summed E-state index contributed by atoms with van der Waals surface area (Å²) >= 11 is 0. The zero-order valence-electron chi connectivity index (χ0n) is 14.0. The summed E-state index contributed by atoms with van der Waals surface area (Å²) in [7, 11) is -3.08. The summed E-state index contributed by atoms with van der Waals surface area (Å²) in [6.07, 6.45) is 0.461. The predicted octanol–water partition coefficient (Wildman–Crippen LogP) is 1.01. The second-order valence-electron chi connectivity index (χ2n) is 6.17. The third-order valence-electron chi connectivity index (χ3n) is 4.15. The first-order valence-electron chi connectivity index (χ1n) is 8.10. The van der Waals surface area contributed by atoms with Crippen LogP contribution >= 0.6 is 0 Å². The summed E-state index contributed by atoms with van der Waals surface area (Å²) in [5.41, 5.74) is 0.954. The fourth-order valence-electron chi connectivity index (χ4n) is 2.89. The molecule has 0 aliphatic carbocycles. The minimum atomic E-state index is -3.08. The number of aryl methyl sites for hydroxylation is 1. The number of nitrogens with one attached hydrogen (secondary N) is 2. The van der Waals surface area contributed by atoms with E-state index in [1.54, 1.807) is 11.8 Å². The molecule has 9 heteroatoms. The molecule has 2 aromatic rings. The number of carbonyl (C=O) groups excluding carboxylic acids is 1. The lowest BCUT2D eigenvalue weighted by Crippen LogP contribution is -2.46. The lowest BCUT2D eigenvalue weighted by Gasteiger charge is -2.28. The fourth-order valence-corrected chi connectivity index (χ4v) is 4.62. The van der Waals surface area contributed by atoms with Gasteiger partial charge in [0.2, 0.25) is 0 Å². The second-order valence-corrected chi connectivity index (χ2v) is 8.39. The Bertz CT molecular complexity index is 834. The van der Waals surface area contributed by atoms with Gasteiger partial charge in [0.05, 0.1) is 18.1 Å². The van der Waals surface area contributed by atoms with Gasteiger partial charge in [0, 0.05) is 12.6 Å². The van der Waals surface area contributed by atoms with Crippen molar-refractivity contribution in [2.45, 2.75) is 32.5 Å². The van der Waals surface area contributed by atoms with Gasteiger partial charge < -0.3 is 10.2 Å². The average Bonchev–Trinajstić information content (AvgIpc) is 3.16. The molecule has 1 atom stereocenters. The number of hydrogen-bond acceptors (Lipinski definition) is 5. The van der Waals surface area contributed by atoms with Crippen LogP contribution in [0.5, 0.6) is 0 Å². The van der Waals surface area contributed by atoms with E-state index in [0.717, 1.165) is 5.56 Å². The van der Waals surface area contributed by atoms with Crippen LogP contribution in [0.2, 0.25) is 0 Å². The maximum atomic E-state index is 12.7. The molecule has 0 spiro atoms. The maximum Gasteiger partial charge on any atom is 0.318 e. The Hall–Kier alpha value is -2.42. The number of sulfone groups is 1. The third-order valence-corrected chi connectivity index (χ3v) is 5.90. The van der Waals surface area contributed by atoms with Gasteiger partial charge >= 0.3 is 6.03 Å². The first-order valence-corrected chi connectivity index (χ1v) is 9.92. The normalized spacial score (nSPS) is 18.8. The number of amides is 2. The molecule has 1 aliphatic rings. The van der Waals surface area contributed by atoms with Crippen molar-refractivity contribution >= 4 is 15.9 Å². The second kappa shape index (κ2) is 7.22. The van der Waals surface area contributed by atoms with Crippen molar-refractivity contribution < 1.29 is 13.2 Å². The molecule has 1 aliphatic heterocycles. The van der Waals surface area contributed by atoms with Gasteiger partial charge in [-0.2, -0.15) is 5.10 Å². The SMILES string of the molecule is Cc1nc(CNC(=O)N(Cc2ccccc2)C2CCS(=O)(=O)C2)n[nH]1. The zero-order valence-corrected chi connectivity index (χ0v) is 14.8. The number of rotatable bonds is 5. The largest absolute Gasteiger partial charge is 0.331 e. The highest BCUT2D eigenvalue weighted by Gasteiger charge is 2.34. The van der Waals surface area contributed by atoms with E-state index in [4.69, 9.17) is 0 Å². The number of carbonyl (C=O) groups is 1. The van der Waals surface area contributed by atoms with Gasteiger partial charge in [0.25, 0.3) is 0 Å². The Morgan fingerprint density at radius 2 is 2.12 bits per heavy atom. The van der Waals surface area contributed by atoms with Gasteiger partial charge in [0.15, 0.2) is 15.7 Å². The predicted molar refractivity (Wildman–Crippen MR) is 92.4 cm³/mol. The number of urea groups is 1. The molecule has 1 saturated heterocycles. The van der Waals surface area contributed by atoms with Crippen LogP contribution in [0.15, 0.2) is 30.3 Å². The Labute approximate surface area is 146 Å². The van der Waals surface area contributed by atoms with E-state index < -0.39 is 9.84 Å². The van der Waals surface area contributed by atoms with E-state index in [1.165, 1.54) is 0 Å². The average molecular weight is 363 g/mol. The molecular weight excluding hydrogens is 342 g/mol. The summed E-state index contributed by atoms with van der Waals surface area (Å²) in [5.74, 6) is 1.29. The number of aromatic nitrogens is 3. The molecule has 2 amide bonds. The quantitative estimate of drug-likeness (QED) is 0.824. The molecule has 1 aromatic carbocycles. The summed E-state index contributed by atoms with van der Waals surface area (Å²) in [4.78, 5) is 18.4. The lowest BCUT2D eigenvalue weighted by molar-refractivity contribution is 0.175. The van der Waals surface area contributed by atoms with E-state index >= 15 is 0 Å². The monoisotopic (exact) mass is 363 g/mol. The summed E-state index contributed by atoms with van der Waals surface area (Å²) in [6, 6.07) is 8.90. The van der Waals surface area contributed by atoms with Crippen molar-refractivity contribution in [2.75, 3.05) is 11.5 Å². The van der Waals surface area contributed by atoms with Crippen molar-refractivity contribution in [1.82, 2.24) is 25.4 Å². The van der Waals surface area contributed by atoms with Crippen LogP contribution in [-0.4, -0.2) is 52.1 Å². The minimum absolute atomic E-state index is 0.00696.